The first-order valence-corrected chi connectivity index (χ1v) is 4.55. The van der Waals surface area contributed by atoms with Crippen molar-refractivity contribution in [1.82, 2.24) is 0 Å². The molecule has 4 nitrogen and oxygen atoms in total. The van der Waals surface area contributed by atoms with Crippen LogP contribution in [0.25, 0.3) is 0 Å². The number of carbonyl (C=O) groups excluding carboxylic acids is 2. The molecule has 13 heavy (non-hydrogen) atoms. The molecule has 1 heterocycles. The van der Waals surface area contributed by atoms with Gasteiger partial charge in [-0.15, -0.1) is 0 Å². The van der Waals surface area contributed by atoms with E-state index in [9.17, 15) is 9.59 Å². The Morgan fingerprint density at radius 3 is 2.77 bits per heavy atom. The molecule has 0 radical (unpaired) electrons. The summed E-state index contributed by atoms with van der Waals surface area (Å²) < 4.78 is 10.2. The molecule has 0 N–H and O–H groups in total. The van der Waals surface area contributed by atoms with E-state index in [0.29, 0.717) is 26.1 Å². The summed E-state index contributed by atoms with van der Waals surface area (Å²) in [6, 6.07) is 0. The van der Waals surface area contributed by atoms with E-state index in [0.717, 1.165) is 6.42 Å². The molecule has 2 rings (SSSR count). The molecular formula is C9H12O4. The van der Waals surface area contributed by atoms with E-state index in [1.54, 1.807) is 0 Å². The largest absolute Gasteiger partial charge is 0.460 e. The van der Waals surface area contributed by atoms with Gasteiger partial charge in [0.05, 0.1) is 19.1 Å². The van der Waals surface area contributed by atoms with E-state index >= 15 is 0 Å². The molecule has 1 aliphatic carbocycles. The Morgan fingerprint density at radius 1 is 1.46 bits per heavy atom. The molecule has 0 spiro atoms. The van der Waals surface area contributed by atoms with Crippen LogP contribution in [0.5, 0.6) is 0 Å². The summed E-state index contributed by atoms with van der Waals surface area (Å²) in [6.45, 7) is 1.17. The van der Waals surface area contributed by atoms with Gasteiger partial charge in [-0.25, -0.2) is 0 Å². The van der Waals surface area contributed by atoms with Gasteiger partial charge in [0.1, 0.15) is 11.9 Å². The molecule has 72 valence electrons. The lowest BCUT2D eigenvalue weighted by Crippen LogP contribution is -2.34. The van der Waals surface area contributed by atoms with E-state index in [-0.39, 0.29) is 23.8 Å². The molecule has 0 aromatic rings. The maximum absolute atomic E-state index is 11.3. The van der Waals surface area contributed by atoms with Crippen molar-refractivity contribution in [2.24, 2.45) is 5.92 Å². The average molecular weight is 184 g/mol. The van der Waals surface area contributed by atoms with Crippen LogP contribution in [0, 0.1) is 5.92 Å². The maximum atomic E-state index is 11.3. The second-order valence-corrected chi connectivity index (χ2v) is 3.57. The molecule has 0 unspecified atom stereocenters. The van der Waals surface area contributed by atoms with Crippen molar-refractivity contribution < 1.29 is 19.1 Å². The minimum atomic E-state index is -0.227. The predicted molar refractivity (Wildman–Crippen MR) is 43.0 cm³/mol. The van der Waals surface area contributed by atoms with Crippen molar-refractivity contribution in [3.8, 4) is 0 Å². The number of hydrogen-bond acceptors (Lipinski definition) is 4. The molecule has 2 fully saturated rings. The summed E-state index contributed by atoms with van der Waals surface area (Å²) in [7, 11) is 0. The maximum Gasteiger partial charge on any atom is 0.310 e. The van der Waals surface area contributed by atoms with Gasteiger partial charge in [0.2, 0.25) is 0 Å². The highest BCUT2D eigenvalue weighted by atomic mass is 16.6. The normalized spacial score (nSPS) is 28.6. The van der Waals surface area contributed by atoms with Crippen LogP contribution >= 0.6 is 0 Å². The Labute approximate surface area is 76.2 Å². The van der Waals surface area contributed by atoms with Crippen molar-refractivity contribution in [1.29, 1.82) is 0 Å². The smallest absolute Gasteiger partial charge is 0.310 e. The first kappa shape index (κ1) is 8.69. The van der Waals surface area contributed by atoms with Crippen LogP contribution in [0.3, 0.4) is 0 Å². The molecule has 4 heteroatoms. The monoisotopic (exact) mass is 184 g/mol. The second-order valence-electron chi connectivity index (χ2n) is 3.57. The van der Waals surface area contributed by atoms with Crippen LogP contribution in [-0.2, 0) is 19.1 Å². The third-order valence-corrected chi connectivity index (χ3v) is 2.45. The number of esters is 1. The number of hydrogen-bond donors (Lipinski definition) is 0. The molecule has 0 aromatic heterocycles. The van der Waals surface area contributed by atoms with Gasteiger partial charge < -0.3 is 9.47 Å². The van der Waals surface area contributed by atoms with Crippen LogP contribution in [0.15, 0.2) is 0 Å². The molecule has 0 amide bonds. The van der Waals surface area contributed by atoms with Crippen molar-refractivity contribution in [2.45, 2.75) is 25.4 Å². The lowest BCUT2D eigenvalue weighted by Gasteiger charge is -2.23. The van der Waals surface area contributed by atoms with E-state index in [1.807, 2.05) is 0 Å². The minimum absolute atomic E-state index is 0.0804. The number of rotatable bonds is 2. The van der Waals surface area contributed by atoms with Crippen molar-refractivity contribution in [2.75, 3.05) is 13.2 Å². The summed E-state index contributed by atoms with van der Waals surface area (Å²) in [5.41, 5.74) is 0. The number of Topliss-reactive ketones (excluding diaryl/α,β-unsaturated/α-hetero) is 1. The quantitative estimate of drug-likeness (QED) is 0.579. The van der Waals surface area contributed by atoms with Gasteiger partial charge in [0.25, 0.3) is 0 Å². The number of ether oxygens (including phenoxy) is 2. The fourth-order valence-electron chi connectivity index (χ4n) is 1.52. The Hall–Kier alpha value is -0.900. The Morgan fingerprint density at radius 2 is 2.23 bits per heavy atom. The lowest BCUT2D eigenvalue weighted by atomic mass is 9.84. The first-order chi connectivity index (χ1) is 6.25. The summed E-state index contributed by atoms with van der Waals surface area (Å²) in [6.07, 6.45) is 1.44. The summed E-state index contributed by atoms with van der Waals surface area (Å²) >= 11 is 0. The highest BCUT2D eigenvalue weighted by Gasteiger charge is 2.35. The highest BCUT2D eigenvalue weighted by Crippen LogP contribution is 2.25. The standard InChI is InChI=1S/C9H12O4/c10-7-3-6(4-7)9(11)13-8-1-2-12-5-8/h6,8H,1-5H2/t8-/m1/s1. The average Bonchev–Trinajstić information content (AvgIpc) is 2.51. The molecule has 2 aliphatic rings. The highest BCUT2D eigenvalue weighted by molar-refractivity contribution is 5.94. The zero-order valence-electron chi connectivity index (χ0n) is 7.32. The predicted octanol–water partition coefficient (Wildman–Crippen LogP) is 0.298. The van der Waals surface area contributed by atoms with Gasteiger partial charge in [-0.2, -0.15) is 0 Å². The molecule has 0 bridgehead atoms. The zero-order valence-corrected chi connectivity index (χ0v) is 7.32. The summed E-state index contributed by atoms with van der Waals surface area (Å²) in [4.78, 5) is 21.9. The molecule has 1 saturated heterocycles. The topological polar surface area (TPSA) is 52.6 Å². The fourth-order valence-corrected chi connectivity index (χ4v) is 1.52. The van der Waals surface area contributed by atoms with Crippen molar-refractivity contribution in [3.63, 3.8) is 0 Å². The van der Waals surface area contributed by atoms with Crippen molar-refractivity contribution in [3.05, 3.63) is 0 Å². The molecule has 1 atom stereocenters. The van der Waals surface area contributed by atoms with Crippen LogP contribution in [0.4, 0.5) is 0 Å². The third kappa shape index (κ3) is 1.88. The lowest BCUT2D eigenvalue weighted by molar-refractivity contribution is -0.160. The van der Waals surface area contributed by atoms with Crippen LogP contribution in [-0.4, -0.2) is 31.1 Å². The van der Waals surface area contributed by atoms with E-state index in [4.69, 9.17) is 9.47 Å². The molecule has 0 aromatic carbocycles. The zero-order chi connectivity index (χ0) is 9.26. The van der Waals surface area contributed by atoms with E-state index in [2.05, 4.69) is 0 Å². The minimum Gasteiger partial charge on any atom is -0.460 e. The molecule has 1 aliphatic heterocycles. The number of ketones is 1. The van der Waals surface area contributed by atoms with Gasteiger partial charge in [-0.1, -0.05) is 0 Å². The van der Waals surface area contributed by atoms with Gasteiger partial charge in [0, 0.05) is 19.3 Å². The van der Waals surface area contributed by atoms with Gasteiger partial charge in [-0.05, 0) is 0 Å². The summed E-state index contributed by atoms with van der Waals surface area (Å²) in [5.74, 6) is -0.243. The SMILES string of the molecule is O=C1CC(C(=O)O[C@@H]2CCOC2)C1. The van der Waals surface area contributed by atoms with Gasteiger partial charge in [-0.3, -0.25) is 9.59 Å². The Balaban J connectivity index is 1.74. The first-order valence-electron chi connectivity index (χ1n) is 4.55. The van der Waals surface area contributed by atoms with Gasteiger partial charge >= 0.3 is 5.97 Å². The van der Waals surface area contributed by atoms with Crippen molar-refractivity contribution >= 4 is 11.8 Å². The Kier molecular flexibility index (Phi) is 2.31. The van der Waals surface area contributed by atoms with Crippen LogP contribution in [0.1, 0.15) is 19.3 Å². The third-order valence-electron chi connectivity index (χ3n) is 2.45. The summed E-state index contributed by atoms with van der Waals surface area (Å²) in [5, 5.41) is 0. The molecular weight excluding hydrogens is 172 g/mol. The number of carbonyl (C=O) groups is 2. The Bertz CT molecular complexity index is 222. The van der Waals surface area contributed by atoms with Gasteiger partial charge in [0.15, 0.2) is 0 Å². The fraction of sp³-hybridized carbons (Fsp3) is 0.778. The van der Waals surface area contributed by atoms with E-state index in [1.165, 1.54) is 0 Å². The molecule has 1 saturated carbocycles. The second kappa shape index (κ2) is 3.46. The van der Waals surface area contributed by atoms with Crippen LogP contribution in [0.2, 0.25) is 0 Å². The van der Waals surface area contributed by atoms with E-state index < -0.39 is 0 Å². The van der Waals surface area contributed by atoms with Crippen LogP contribution < -0.4 is 0 Å².